The van der Waals surface area contributed by atoms with Crippen LogP contribution in [0.25, 0.3) is 0 Å². The summed E-state index contributed by atoms with van der Waals surface area (Å²) in [6, 6.07) is 18.4. The number of rotatable bonds is 7. The van der Waals surface area contributed by atoms with Crippen LogP contribution in [-0.4, -0.2) is 24.6 Å². The molecule has 2 atom stereocenters. The van der Waals surface area contributed by atoms with Crippen molar-refractivity contribution in [2.75, 3.05) is 6.61 Å². The standard InChI is InChI=1S/C20H22O4/c1-3-23-20(22)18(14-16-10-6-4-7-11-16)15(2)24-19(21)17-12-8-5-9-13-17/h4-13,15,18H,3,14H2,1-2H3. The molecule has 0 N–H and O–H groups in total. The van der Waals surface area contributed by atoms with Crippen LogP contribution >= 0.6 is 0 Å². The van der Waals surface area contributed by atoms with E-state index >= 15 is 0 Å². The third-order valence-electron chi connectivity index (χ3n) is 3.76. The SMILES string of the molecule is CCOC(=O)C(Cc1ccccc1)C(C)OC(=O)c1ccccc1. The zero-order valence-electron chi connectivity index (χ0n) is 14.0. The Kier molecular flexibility index (Phi) is 6.55. The maximum absolute atomic E-state index is 12.3. The average molecular weight is 326 g/mol. The quantitative estimate of drug-likeness (QED) is 0.729. The van der Waals surface area contributed by atoms with Crippen molar-refractivity contribution >= 4 is 11.9 Å². The molecular formula is C20H22O4. The summed E-state index contributed by atoms with van der Waals surface area (Å²) in [4.78, 5) is 24.5. The van der Waals surface area contributed by atoms with Crippen molar-refractivity contribution in [2.45, 2.75) is 26.4 Å². The summed E-state index contributed by atoms with van der Waals surface area (Å²) in [5, 5.41) is 0. The van der Waals surface area contributed by atoms with Crippen molar-refractivity contribution < 1.29 is 19.1 Å². The molecule has 0 aromatic heterocycles. The molecule has 0 fully saturated rings. The van der Waals surface area contributed by atoms with E-state index in [9.17, 15) is 9.59 Å². The fourth-order valence-corrected chi connectivity index (χ4v) is 2.45. The number of esters is 2. The Hall–Kier alpha value is -2.62. The summed E-state index contributed by atoms with van der Waals surface area (Å²) >= 11 is 0. The molecule has 2 aromatic rings. The van der Waals surface area contributed by atoms with Gasteiger partial charge in [0.15, 0.2) is 0 Å². The van der Waals surface area contributed by atoms with E-state index in [1.54, 1.807) is 38.1 Å². The normalized spacial score (nSPS) is 12.9. The Morgan fingerprint density at radius 2 is 1.54 bits per heavy atom. The van der Waals surface area contributed by atoms with Gasteiger partial charge in [-0.1, -0.05) is 48.5 Å². The van der Waals surface area contributed by atoms with Gasteiger partial charge in [0.1, 0.15) is 6.10 Å². The summed E-state index contributed by atoms with van der Waals surface area (Å²) < 4.78 is 10.7. The molecule has 0 amide bonds. The lowest BCUT2D eigenvalue weighted by Crippen LogP contribution is -2.33. The Bertz CT molecular complexity index is 652. The predicted octanol–water partition coefficient (Wildman–Crippen LogP) is 3.65. The zero-order valence-corrected chi connectivity index (χ0v) is 14.0. The van der Waals surface area contributed by atoms with Gasteiger partial charge in [0.05, 0.1) is 18.1 Å². The molecule has 0 spiro atoms. The minimum Gasteiger partial charge on any atom is -0.466 e. The highest BCUT2D eigenvalue weighted by atomic mass is 16.6. The van der Waals surface area contributed by atoms with Crippen molar-refractivity contribution in [2.24, 2.45) is 5.92 Å². The van der Waals surface area contributed by atoms with Gasteiger partial charge in [-0.3, -0.25) is 4.79 Å². The highest BCUT2D eigenvalue weighted by Crippen LogP contribution is 2.18. The van der Waals surface area contributed by atoms with Gasteiger partial charge in [0, 0.05) is 0 Å². The second kappa shape index (κ2) is 8.87. The molecule has 0 aliphatic carbocycles. The van der Waals surface area contributed by atoms with Crippen LogP contribution in [0.15, 0.2) is 60.7 Å². The van der Waals surface area contributed by atoms with Crippen LogP contribution in [0.3, 0.4) is 0 Å². The van der Waals surface area contributed by atoms with E-state index in [1.165, 1.54) is 0 Å². The molecule has 0 saturated heterocycles. The second-order valence-corrected chi connectivity index (χ2v) is 5.52. The monoisotopic (exact) mass is 326 g/mol. The molecule has 2 unspecified atom stereocenters. The van der Waals surface area contributed by atoms with E-state index < -0.39 is 18.0 Å². The van der Waals surface area contributed by atoms with Gasteiger partial charge >= 0.3 is 11.9 Å². The lowest BCUT2D eigenvalue weighted by atomic mass is 9.94. The highest BCUT2D eigenvalue weighted by molar-refractivity contribution is 5.89. The first-order valence-electron chi connectivity index (χ1n) is 8.08. The topological polar surface area (TPSA) is 52.6 Å². The van der Waals surface area contributed by atoms with Crippen LogP contribution in [0.1, 0.15) is 29.8 Å². The Labute approximate surface area is 142 Å². The molecule has 0 heterocycles. The van der Waals surface area contributed by atoms with Gasteiger partial charge in [-0.2, -0.15) is 0 Å². The maximum Gasteiger partial charge on any atom is 0.338 e. The lowest BCUT2D eigenvalue weighted by molar-refractivity contribution is -0.151. The van der Waals surface area contributed by atoms with Crippen LogP contribution < -0.4 is 0 Å². The molecule has 0 bridgehead atoms. The Morgan fingerprint density at radius 3 is 2.12 bits per heavy atom. The summed E-state index contributed by atoms with van der Waals surface area (Å²) in [6.45, 7) is 3.78. The predicted molar refractivity (Wildman–Crippen MR) is 91.6 cm³/mol. The number of hydrogen-bond donors (Lipinski definition) is 0. The third-order valence-corrected chi connectivity index (χ3v) is 3.76. The summed E-state index contributed by atoms with van der Waals surface area (Å²) in [5.74, 6) is -1.33. The fourth-order valence-electron chi connectivity index (χ4n) is 2.45. The third kappa shape index (κ3) is 4.95. The summed E-state index contributed by atoms with van der Waals surface area (Å²) in [7, 11) is 0. The molecule has 24 heavy (non-hydrogen) atoms. The van der Waals surface area contributed by atoms with Crippen LogP contribution in [0.2, 0.25) is 0 Å². The molecule has 126 valence electrons. The molecule has 0 saturated carbocycles. The van der Waals surface area contributed by atoms with E-state index in [4.69, 9.17) is 9.47 Å². The first-order valence-corrected chi connectivity index (χ1v) is 8.08. The van der Waals surface area contributed by atoms with Gasteiger partial charge in [-0.05, 0) is 38.0 Å². The first kappa shape index (κ1) is 17.7. The lowest BCUT2D eigenvalue weighted by Gasteiger charge is -2.22. The average Bonchev–Trinajstić information content (AvgIpc) is 2.61. The van der Waals surface area contributed by atoms with E-state index in [0.29, 0.717) is 18.6 Å². The van der Waals surface area contributed by atoms with Crippen LogP contribution in [-0.2, 0) is 20.7 Å². The first-order chi connectivity index (χ1) is 11.6. The van der Waals surface area contributed by atoms with E-state index in [2.05, 4.69) is 0 Å². The van der Waals surface area contributed by atoms with Gasteiger partial charge in [-0.25, -0.2) is 4.79 Å². The molecule has 2 aromatic carbocycles. The van der Waals surface area contributed by atoms with Crippen molar-refractivity contribution in [3.8, 4) is 0 Å². The van der Waals surface area contributed by atoms with Crippen molar-refractivity contribution in [3.05, 3.63) is 71.8 Å². The fraction of sp³-hybridized carbons (Fsp3) is 0.300. The minimum atomic E-state index is -0.586. The number of hydrogen-bond acceptors (Lipinski definition) is 4. The van der Waals surface area contributed by atoms with E-state index in [0.717, 1.165) is 5.56 Å². The smallest absolute Gasteiger partial charge is 0.338 e. The van der Waals surface area contributed by atoms with Gasteiger partial charge < -0.3 is 9.47 Å². The van der Waals surface area contributed by atoms with Crippen molar-refractivity contribution in [3.63, 3.8) is 0 Å². The van der Waals surface area contributed by atoms with Crippen LogP contribution in [0.5, 0.6) is 0 Å². The highest BCUT2D eigenvalue weighted by Gasteiger charge is 2.29. The summed E-state index contributed by atoms with van der Waals surface area (Å²) in [5.41, 5.74) is 1.46. The molecule has 0 aliphatic rings. The van der Waals surface area contributed by atoms with Gasteiger partial charge in [0.2, 0.25) is 0 Å². The molecule has 4 heteroatoms. The second-order valence-electron chi connectivity index (χ2n) is 5.52. The van der Waals surface area contributed by atoms with Crippen molar-refractivity contribution in [1.29, 1.82) is 0 Å². The van der Waals surface area contributed by atoms with E-state index in [-0.39, 0.29) is 5.97 Å². The van der Waals surface area contributed by atoms with Gasteiger partial charge in [-0.15, -0.1) is 0 Å². The van der Waals surface area contributed by atoms with E-state index in [1.807, 2.05) is 36.4 Å². The molecule has 2 rings (SSSR count). The van der Waals surface area contributed by atoms with Crippen LogP contribution in [0.4, 0.5) is 0 Å². The molecule has 0 aliphatic heterocycles. The number of carbonyl (C=O) groups excluding carboxylic acids is 2. The minimum absolute atomic E-state index is 0.295. The zero-order chi connectivity index (χ0) is 17.4. The molecular weight excluding hydrogens is 304 g/mol. The Balaban J connectivity index is 2.10. The van der Waals surface area contributed by atoms with Crippen molar-refractivity contribution in [1.82, 2.24) is 0 Å². The molecule has 4 nitrogen and oxygen atoms in total. The largest absolute Gasteiger partial charge is 0.466 e. The Morgan fingerprint density at radius 1 is 0.958 bits per heavy atom. The number of carbonyl (C=O) groups is 2. The van der Waals surface area contributed by atoms with Gasteiger partial charge in [0.25, 0.3) is 0 Å². The number of benzene rings is 2. The van der Waals surface area contributed by atoms with Crippen LogP contribution in [0, 0.1) is 5.92 Å². The molecule has 0 radical (unpaired) electrons. The summed E-state index contributed by atoms with van der Waals surface area (Å²) in [6.07, 6.45) is -0.125. The number of ether oxygens (including phenoxy) is 2. The maximum atomic E-state index is 12.3.